The first-order valence-electron chi connectivity index (χ1n) is 12.0. The van der Waals surface area contributed by atoms with Crippen molar-refractivity contribution < 1.29 is 6.22 Å². The zero-order chi connectivity index (χ0) is 23.6. The molecule has 0 spiro atoms. The van der Waals surface area contributed by atoms with Gasteiger partial charge in [-0.1, -0.05) is 92.4 Å². The normalized spacial score (nSPS) is 17.9. The third kappa shape index (κ3) is 6.89. The maximum Gasteiger partial charge on any atom is 0.156 e. The number of allylic oxidation sites excluding steroid dienone is 15. The van der Waals surface area contributed by atoms with Crippen LogP contribution in [0.3, 0.4) is 0 Å². The zero-order valence-corrected chi connectivity index (χ0v) is 20.3. The summed E-state index contributed by atoms with van der Waals surface area (Å²) in [6.45, 7) is 9.95. The highest BCUT2D eigenvalue weighted by atomic mass is 16.1. The average Bonchev–Trinajstić information content (AvgIpc) is 3.13. The van der Waals surface area contributed by atoms with Crippen molar-refractivity contribution in [2.24, 2.45) is 5.92 Å². The lowest BCUT2D eigenvalue weighted by Gasteiger charge is -2.15. The number of ketones is 1. The summed E-state index contributed by atoms with van der Waals surface area (Å²) in [5.41, 5.74) is 8.54. The summed E-state index contributed by atoms with van der Waals surface area (Å²) in [7, 11) is 0. The summed E-state index contributed by atoms with van der Waals surface area (Å²) in [4.78, 5) is 12.6. The van der Waals surface area contributed by atoms with Crippen LogP contribution in [0.5, 0.6) is 0 Å². The Hall–Kier alpha value is -3.19. The van der Waals surface area contributed by atoms with Crippen LogP contribution < -0.4 is 0 Å². The van der Waals surface area contributed by atoms with E-state index < -0.39 is 0 Å². The summed E-state index contributed by atoms with van der Waals surface area (Å²) in [6, 6.07) is 10.6. The van der Waals surface area contributed by atoms with Crippen LogP contribution in [0.25, 0.3) is 0 Å². The molecular formula is C32H38O. The fourth-order valence-electron chi connectivity index (χ4n) is 4.65. The van der Waals surface area contributed by atoms with Gasteiger partial charge >= 0.3 is 0 Å². The second-order valence-electron chi connectivity index (χ2n) is 9.06. The molecule has 1 aromatic rings. The molecule has 0 saturated carbocycles. The molecular weight excluding hydrogens is 400 g/mol. The molecule has 0 radical (unpaired) electrons. The van der Waals surface area contributed by atoms with Gasteiger partial charge in [0.2, 0.25) is 0 Å². The van der Waals surface area contributed by atoms with Crippen molar-refractivity contribution in [3.63, 3.8) is 0 Å². The Balaban J connectivity index is 0.00000408. The Morgan fingerprint density at radius 3 is 2.55 bits per heavy atom. The Labute approximate surface area is 201 Å². The largest absolute Gasteiger partial charge is 0.295 e. The molecule has 1 nitrogen and oxygen atoms in total. The van der Waals surface area contributed by atoms with Crippen LogP contribution in [0.15, 0.2) is 125 Å². The van der Waals surface area contributed by atoms with E-state index in [2.05, 4.69) is 87.2 Å². The van der Waals surface area contributed by atoms with Crippen molar-refractivity contribution in [1.29, 1.82) is 0 Å². The molecule has 0 heterocycles. The van der Waals surface area contributed by atoms with Crippen molar-refractivity contribution >= 4 is 5.78 Å². The number of benzene rings is 1. The maximum atomic E-state index is 12.6. The van der Waals surface area contributed by atoms with Gasteiger partial charge in [0.15, 0.2) is 5.78 Å². The molecule has 33 heavy (non-hydrogen) atoms. The molecule has 0 saturated heterocycles. The summed E-state index contributed by atoms with van der Waals surface area (Å²) >= 11 is 0. The molecule has 0 aromatic heterocycles. The third-order valence-corrected chi connectivity index (χ3v) is 6.36. The van der Waals surface area contributed by atoms with Crippen molar-refractivity contribution in [2.75, 3.05) is 0 Å². The molecule has 0 N–H and O–H groups in total. The molecule has 2 aliphatic rings. The Morgan fingerprint density at radius 1 is 1.09 bits per heavy atom. The summed E-state index contributed by atoms with van der Waals surface area (Å²) in [5, 5.41) is 0. The Kier molecular flexibility index (Phi) is 9.01. The van der Waals surface area contributed by atoms with Gasteiger partial charge in [-0.25, -0.2) is 0 Å². The molecule has 1 heteroatoms. The molecule has 3 rings (SSSR count). The van der Waals surface area contributed by atoms with E-state index in [1.165, 1.54) is 33.4 Å². The highest BCUT2D eigenvalue weighted by molar-refractivity contribution is 5.97. The molecule has 0 amide bonds. The van der Waals surface area contributed by atoms with Gasteiger partial charge < -0.3 is 0 Å². The molecule has 1 atom stereocenters. The van der Waals surface area contributed by atoms with Crippen LogP contribution in [-0.2, 0) is 11.2 Å². The highest BCUT2D eigenvalue weighted by Crippen LogP contribution is 2.40. The van der Waals surface area contributed by atoms with E-state index in [9.17, 15) is 4.79 Å². The van der Waals surface area contributed by atoms with E-state index in [0.717, 1.165) is 31.3 Å². The molecule has 0 aliphatic heterocycles. The molecule has 0 fully saturated rings. The van der Waals surface area contributed by atoms with Crippen LogP contribution in [0.2, 0.25) is 0 Å². The standard InChI is InChI=1S/C32H36O.H2/c1-5-6-7-14-19-29(22-28-17-12-9-13-18-28)30-23-32(26(4)33)31(25(30)3)21-24(2)20-27-15-10-8-11-16-27;/h5-8,10-12,14-19,22,24H,1,9,13,20-21,23H2,2-4H3;1H/b7-6-,19-14+,29-22+;. The van der Waals surface area contributed by atoms with Crippen molar-refractivity contribution in [2.45, 2.75) is 52.9 Å². The van der Waals surface area contributed by atoms with Gasteiger partial charge in [-0.15, -0.1) is 0 Å². The Morgan fingerprint density at radius 2 is 1.88 bits per heavy atom. The predicted octanol–water partition coefficient (Wildman–Crippen LogP) is 8.61. The number of hydrogen-bond donors (Lipinski definition) is 0. The lowest BCUT2D eigenvalue weighted by Crippen LogP contribution is -2.05. The first-order chi connectivity index (χ1) is 16.0. The zero-order valence-electron chi connectivity index (χ0n) is 20.3. The quantitative estimate of drug-likeness (QED) is 0.334. The van der Waals surface area contributed by atoms with Gasteiger partial charge in [-0.2, -0.15) is 0 Å². The predicted molar refractivity (Wildman–Crippen MR) is 144 cm³/mol. The lowest BCUT2D eigenvalue weighted by atomic mass is 9.89. The van der Waals surface area contributed by atoms with Crippen LogP contribution in [0, 0.1) is 5.92 Å². The maximum absolute atomic E-state index is 12.6. The minimum Gasteiger partial charge on any atom is -0.295 e. The number of Topliss-reactive ketones (excluding diaryl/α,β-unsaturated/α-hetero) is 1. The number of rotatable bonds is 10. The lowest BCUT2D eigenvalue weighted by molar-refractivity contribution is -0.113. The van der Waals surface area contributed by atoms with Gasteiger partial charge in [0.05, 0.1) is 0 Å². The fourth-order valence-corrected chi connectivity index (χ4v) is 4.65. The number of carbonyl (C=O) groups is 1. The Bertz CT molecular complexity index is 1090. The van der Waals surface area contributed by atoms with Gasteiger partial charge in [-0.3, -0.25) is 4.79 Å². The topological polar surface area (TPSA) is 17.1 Å². The summed E-state index contributed by atoms with van der Waals surface area (Å²) < 4.78 is 0. The van der Waals surface area contributed by atoms with E-state index >= 15 is 0 Å². The average molecular weight is 439 g/mol. The van der Waals surface area contributed by atoms with E-state index in [0.29, 0.717) is 12.3 Å². The van der Waals surface area contributed by atoms with E-state index in [4.69, 9.17) is 0 Å². The van der Waals surface area contributed by atoms with Crippen molar-refractivity contribution in [3.8, 4) is 0 Å². The number of hydrogen-bond acceptors (Lipinski definition) is 1. The van der Waals surface area contributed by atoms with Crippen LogP contribution in [0.4, 0.5) is 0 Å². The van der Waals surface area contributed by atoms with Gasteiger partial charge in [0.25, 0.3) is 0 Å². The summed E-state index contributed by atoms with van der Waals surface area (Å²) in [5.74, 6) is 0.659. The van der Waals surface area contributed by atoms with Gasteiger partial charge in [0.1, 0.15) is 0 Å². The fraction of sp³-hybridized carbons (Fsp3) is 0.281. The molecule has 0 bridgehead atoms. The van der Waals surface area contributed by atoms with Crippen molar-refractivity contribution in [3.05, 3.63) is 131 Å². The van der Waals surface area contributed by atoms with E-state index in [-0.39, 0.29) is 7.21 Å². The molecule has 1 aromatic carbocycles. The van der Waals surface area contributed by atoms with E-state index in [1.807, 2.05) is 12.2 Å². The number of carbonyl (C=O) groups excluding carboxylic acids is 1. The van der Waals surface area contributed by atoms with Crippen LogP contribution in [0.1, 0.15) is 53.4 Å². The molecule has 1 unspecified atom stereocenters. The SMILES string of the molecule is C=C\C=C/C=C/C(=C\C1=CCCC=C1)C1=C(C)C(CC(C)Cc2ccccc2)=C(C(C)=O)C1.[HH]. The van der Waals surface area contributed by atoms with E-state index in [1.54, 1.807) is 13.0 Å². The second-order valence-corrected chi connectivity index (χ2v) is 9.06. The molecule has 172 valence electrons. The van der Waals surface area contributed by atoms with Crippen LogP contribution >= 0.6 is 0 Å². The van der Waals surface area contributed by atoms with Crippen molar-refractivity contribution in [1.82, 2.24) is 0 Å². The minimum atomic E-state index is 0. The summed E-state index contributed by atoms with van der Waals surface area (Å²) in [6.07, 6.45) is 23.8. The first-order valence-corrected chi connectivity index (χ1v) is 12.0. The van der Waals surface area contributed by atoms with Gasteiger partial charge in [0, 0.05) is 13.4 Å². The first kappa shape index (κ1) is 24.5. The monoisotopic (exact) mass is 438 g/mol. The highest BCUT2D eigenvalue weighted by Gasteiger charge is 2.26. The third-order valence-electron chi connectivity index (χ3n) is 6.36. The molecule has 2 aliphatic carbocycles. The second kappa shape index (κ2) is 12.2. The van der Waals surface area contributed by atoms with Crippen LogP contribution in [-0.4, -0.2) is 5.78 Å². The minimum absolute atomic E-state index is 0. The smallest absolute Gasteiger partial charge is 0.156 e. The van der Waals surface area contributed by atoms with Gasteiger partial charge in [-0.05, 0) is 85.0 Å².